The minimum Gasteiger partial charge on any atom is -0.493 e. The van der Waals surface area contributed by atoms with Crippen LogP contribution in [0.4, 0.5) is 0 Å². The van der Waals surface area contributed by atoms with Crippen LogP contribution in [0.15, 0.2) is 41.0 Å². The number of ether oxygens (including phenoxy) is 2. The molecule has 0 saturated carbocycles. The van der Waals surface area contributed by atoms with E-state index in [0.717, 1.165) is 15.5 Å². The van der Waals surface area contributed by atoms with E-state index < -0.39 is 0 Å². The molecule has 24 heavy (non-hydrogen) atoms. The molecule has 0 radical (unpaired) electrons. The summed E-state index contributed by atoms with van der Waals surface area (Å²) >= 11 is 1.50. The number of methoxy groups -OCH3 is 2. The molecular weight excluding hydrogens is 328 g/mol. The normalized spacial score (nSPS) is 11.1. The fraction of sp³-hybridized carbons (Fsp3) is 0.188. The minimum atomic E-state index is 0.602. The molecule has 7 nitrogen and oxygen atoms in total. The number of fused-ring (bicyclic) bond motifs is 1. The lowest BCUT2D eigenvalue weighted by molar-refractivity contribution is 0.354. The summed E-state index contributed by atoms with van der Waals surface area (Å²) in [7, 11) is 3.25. The molecule has 0 saturated heterocycles. The van der Waals surface area contributed by atoms with E-state index in [4.69, 9.17) is 13.9 Å². The van der Waals surface area contributed by atoms with Crippen molar-refractivity contribution in [2.75, 3.05) is 14.2 Å². The van der Waals surface area contributed by atoms with E-state index in [0.29, 0.717) is 29.5 Å². The van der Waals surface area contributed by atoms with E-state index in [1.54, 1.807) is 25.0 Å². The second-order valence-corrected chi connectivity index (χ2v) is 6.10. The summed E-state index contributed by atoms with van der Waals surface area (Å²) in [5.41, 5.74) is 1.08. The van der Waals surface area contributed by atoms with Crippen molar-refractivity contribution in [2.24, 2.45) is 0 Å². The van der Waals surface area contributed by atoms with Gasteiger partial charge in [0.15, 0.2) is 17.3 Å². The van der Waals surface area contributed by atoms with Crippen LogP contribution in [-0.2, 0) is 6.42 Å². The lowest BCUT2D eigenvalue weighted by Gasteiger charge is -2.08. The predicted molar refractivity (Wildman–Crippen MR) is 88.7 cm³/mol. The first kappa shape index (κ1) is 14.7. The van der Waals surface area contributed by atoms with E-state index in [9.17, 15) is 0 Å². The first-order chi connectivity index (χ1) is 11.8. The zero-order chi connectivity index (χ0) is 16.5. The number of rotatable bonds is 5. The highest BCUT2D eigenvalue weighted by atomic mass is 32.1. The standard InChI is InChI=1S/C16H14N4O3S/c1-21-11-6-5-10(8-13(11)22-2)9-14-19-20-15(12-4-3-7-23-12)17-18-16(20)24-14/h3-8H,9H2,1-2H3. The molecule has 0 fully saturated rings. The Kier molecular flexibility index (Phi) is 3.66. The first-order valence-corrected chi connectivity index (χ1v) is 8.06. The van der Waals surface area contributed by atoms with Crippen molar-refractivity contribution in [3.63, 3.8) is 0 Å². The zero-order valence-electron chi connectivity index (χ0n) is 13.1. The van der Waals surface area contributed by atoms with Crippen LogP contribution in [0.1, 0.15) is 10.6 Å². The van der Waals surface area contributed by atoms with Gasteiger partial charge in [-0.05, 0) is 29.8 Å². The van der Waals surface area contributed by atoms with Gasteiger partial charge >= 0.3 is 0 Å². The second-order valence-electron chi connectivity index (χ2n) is 5.06. The molecule has 0 N–H and O–H groups in total. The Morgan fingerprint density at radius 1 is 1.12 bits per heavy atom. The van der Waals surface area contributed by atoms with Gasteiger partial charge in [-0.2, -0.15) is 9.61 Å². The zero-order valence-corrected chi connectivity index (χ0v) is 13.9. The topological polar surface area (TPSA) is 74.7 Å². The maximum Gasteiger partial charge on any atom is 0.235 e. The average molecular weight is 342 g/mol. The average Bonchev–Trinajstić information content (AvgIpc) is 3.31. The van der Waals surface area contributed by atoms with Crippen molar-refractivity contribution in [3.05, 3.63) is 47.2 Å². The van der Waals surface area contributed by atoms with Crippen LogP contribution in [0.25, 0.3) is 16.5 Å². The summed E-state index contributed by atoms with van der Waals surface area (Å²) in [5.74, 6) is 2.66. The van der Waals surface area contributed by atoms with Gasteiger partial charge in [0.1, 0.15) is 5.01 Å². The molecule has 4 aromatic rings. The van der Waals surface area contributed by atoms with Crippen molar-refractivity contribution in [1.29, 1.82) is 0 Å². The van der Waals surface area contributed by atoms with Crippen molar-refractivity contribution in [1.82, 2.24) is 19.8 Å². The molecule has 0 aliphatic rings. The number of nitrogens with zero attached hydrogens (tertiary/aromatic N) is 4. The molecule has 8 heteroatoms. The molecule has 0 aliphatic heterocycles. The summed E-state index contributed by atoms with van der Waals surface area (Å²) in [6.45, 7) is 0. The van der Waals surface area contributed by atoms with Gasteiger partial charge in [0, 0.05) is 6.42 Å². The van der Waals surface area contributed by atoms with Crippen LogP contribution in [0, 0.1) is 0 Å². The highest BCUT2D eigenvalue weighted by Crippen LogP contribution is 2.29. The Labute approximate surface area is 141 Å². The Morgan fingerprint density at radius 3 is 2.75 bits per heavy atom. The molecule has 3 heterocycles. The molecule has 0 bridgehead atoms. The third-order valence-electron chi connectivity index (χ3n) is 3.58. The monoisotopic (exact) mass is 342 g/mol. The van der Waals surface area contributed by atoms with Crippen LogP contribution in [-0.4, -0.2) is 34.0 Å². The lowest BCUT2D eigenvalue weighted by atomic mass is 10.1. The van der Waals surface area contributed by atoms with Crippen molar-refractivity contribution in [3.8, 4) is 23.1 Å². The third-order valence-corrected chi connectivity index (χ3v) is 4.48. The van der Waals surface area contributed by atoms with E-state index >= 15 is 0 Å². The van der Waals surface area contributed by atoms with Crippen molar-refractivity contribution < 1.29 is 13.9 Å². The Balaban J connectivity index is 1.66. The summed E-state index contributed by atoms with van der Waals surface area (Å²) in [6, 6.07) is 9.49. The summed E-state index contributed by atoms with van der Waals surface area (Å²) < 4.78 is 17.7. The van der Waals surface area contributed by atoms with Gasteiger partial charge in [0.2, 0.25) is 10.8 Å². The molecule has 3 aromatic heterocycles. The number of furan rings is 1. The molecule has 0 spiro atoms. The fourth-order valence-corrected chi connectivity index (χ4v) is 3.32. The van der Waals surface area contributed by atoms with Crippen LogP contribution in [0.3, 0.4) is 0 Å². The molecule has 0 atom stereocenters. The third kappa shape index (κ3) is 2.50. The SMILES string of the molecule is COc1ccc(Cc2nn3c(-c4ccco4)nnc3s2)cc1OC. The largest absolute Gasteiger partial charge is 0.493 e. The molecule has 4 rings (SSSR count). The van der Waals surface area contributed by atoms with Crippen molar-refractivity contribution in [2.45, 2.75) is 6.42 Å². The lowest BCUT2D eigenvalue weighted by Crippen LogP contribution is -1.95. The number of hydrogen-bond acceptors (Lipinski definition) is 7. The smallest absolute Gasteiger partial charge is 0.235 e. The number of aromatic nitrogens is 4. The van der Waals surface area contributed by atoms with Gasteiger partial charge in [0.25, 0.3) is 0 Å². The molecule has 0 unspecified atom stereocenters. The number of hydrogen-bond donors (Lipinski definition) is 0. The Hall–Kier alpha value is -2.87. The Morgan fingerprint density at radius 2 is 2.00 bits per heavy atom. The van der Waals surface area contributed by atoms with Gasteiger partial charge < -0.3 is 13.9 Å². The van der Waals surface area contributed by atoms with Gasteiger partial charge in [0.05, 0.1) is 20.5 Å². The van der Waals surface area contributed by atoms with Crippen LogP contribution >= 0.6 is 11.3 Å². The van der Waals surface area contributed by atoms with E-state index in [1.165, 1.54) is 11.3 Å². The summed E-state index contributed by atoms with van der Waals surface area (Å²) in [5, 5.41) is 13.8. The second kappa shape index (κ2) is 5.97. The summed E-state index contributed by atoms with van der Waals surface area (Å²) in [4.78, 5) is 0.733. The molecule has 1 aromatic carbocycles. The maximum atomic E-state index is 5.38. The maximum absolute atomic E-state index is 5.38. The van der Waals surface area contributed by atoms with Crippen LogP contribution < -0.4 is 9.47 Å². The predicted octanol–water partition coefficient (Wildman–Crippen LogP) is 3.05. The summed E-state index contributed by atoms with van der Waals surface area (Å²) in [6.07, 6.45) is 2.28. The molecule has 122 valence electrons. The van der Waals surface area contributed by atoms with E-state index in [-0.39, 0.29) is 0 Å². The van der Waals surface area contributed by atoms with Gasteiger partial charge in [-0.3, -0.25) is 0 Å². The quantitative estimate of drug-likeness (QED) is 0.555. The fourth-order valence-electron chi connectivity index (χ4n) is 2.45. The van der Waals surface area contributed by atoms with Crippen LogP contribution in [0.5, 0.6) is 11.5 Å². The van der Waals surface area contributed by atoms with Crippen LogP contribution in [0.2, 0.25) is 0 Å². The highest BCUT2D eigenvalue weighted by molar-refractivity contribution is 7.16. The van der Waals surface area contributed by atoms with Gasteiger partial charge in [-0.25, -0.2) is 0 Å². The van der Waals surface area contributed by atoms with Crippen molar-refractivity contribution >= 4 is 16.3 Å². The first-order valence-electron chi connectivity index (χ1n) is 7.24. The van der Waals surface area contributed by atoms with Gasteiger partial charge in [-0.15, -0.1) is 10.2 Å². The van der Waals surface area contributed by atoms with Gasteiger partial charge in [-0.1, -0.05) is 17.4 Å². The Bertz CT molecular complexity index is 975. The molecule has 0 amide bonds. The van der Waals surface area contributed by atoms with E-state index in [2.05, 4.69) is 15.3 Å². The minimum absolute atomic E-state index is 0.602. The molecule has 0 aliphatic carbocycles. The highest BCUT2D eigenvalue weighted by Gasteiger charge is 2.15. The molecular formula is C16H14N4O3S. The number of benzene rings is 1. The van der Waals surface area contributed by atoms with E-state index in [1.807, 2.05) is 30.3 Å².